The fourth-order valence-electron chi connectivity index (χ4n) is 2.53. The number of nitrogens with one attached hydrogen (secondary N) is 2. The Morgan fingerprint density at radius 2 is 2.04 bits per heavy atom. The van der Waals surface area contributed by atoms with Crippen molar-refractivity contribution in [1.29, 1.82) is 0 Å². The summed E-state index contributed by atoms with van der Waals surface area (Å²) in [6.45, 7) is 2.00. The molecule has 2 N–H and O–H groups in total. The molecule has 1 unspecified atom stereocenters. The van der Waals surface area contributed by atoms with Gasteiger partial charge < -0.3 is 4.98 Å². The van der Waals surface area contributed by atoms with Crippen molar-refractivity contribution in [3.8, 4) is 0 Å². The highest BCUT2D eigenvalue weighted by molar-refractivity contribution is 7.92. The quantitative estimate of drug-likeness (QED) is 0.666. The normalized spacial score (nSPS) is 20.9. The Labute approximate surface area is 133 Å². The third-order valence-corrected chi connectivity index (χ3v) is 7.43. The maximum absolute atomic E-state index is 12.8. The van der Waals surface area contributed by atoms with Gasteiger partial charge in [0.1, 0.15) is 0 Å². The largest absolute Gasteiger partial charge is 0.325 e. The SMILES string of the molecule is CCCCN(C1CCS(=O)(=O)C1)S(=O)(=O)c1c[nH]c(=O)[nH]c1=O. The Hall–Kier alpha value is -1.46. The van der Waals surface area contributed by atoms with Crippen LogP contribution in [-0.4, -0.2) is 55.2 Å². The molecule has 0 spiro atoms. The number of aromatic amines is 2. The van der Waals surface area contributed by atoms with E-state index in [0.717, 1.165) is 10.5 Å². The van der Waals surface area contributed by atoms with Gasteiger partial charge in [0.2, 0.25) is 10.0 Å². The molecule has 1 saturated heterocycles. The lowest BCUT2D eigenvalue weighted by atomic mass is 10.2. The Morgan fingerprint density at radius 3 is 2.57 bits per heavy atom. The van der Waals surface area contributed by atoms with Crippen LogP contribution in [-0.2, 0) is 19.9 Å². The molecule has 11 heteroatoms. The number of unbranched alkanes of at least 4 members (excludes halogenated alkanes) is 1. The van der Waals surface area contributed by atoms with Crippen LogP contribution in [0.1, 0.15) is 26.2 Å². The minimum atomic E-state index is -4.20. The monoisotopic (exact) mass is 365 g/mol. The Bertz CT molecular complexity index is 884. The van der Waals surface area contributed by atoms with Gasteiger partial charge >= 0.3 is 5.69 Å². The van der Waals surface area contributed by atoms with Gasteiger partial charge in [0.05, 0.1) is 11.5 Å². The predicted molar refractivity (Wildman–Crippen MR) is 83.5 cm³/mol. The smallest absolute Gasteiger partial charge is 0.313 e. The van der Waals surface area contributed by atoms with E-state index < -0.39 is 42.0 Å². The van der Waals surface area contributed by atoms with E-state index in [2.05, 4.69) is 4.98 Å². The highest BCUT2D eigenvalue weighted by Crippen LogP contribution is 2.23. The molecule has 9 nitrogen and oxygen atoms in total. The molecule has 2 heterocycles. The molecule has 0 amide bonds. The summed E-state index contributed by atoms with van der Waals surface area (Å²) in [5.41, 5.74) is -1.83. The lowest BCUT2D eigenvalue weighted by Crippen LogP contribution is -2.44. The van der Waals surface area contributed by atoms with Crippen molar-refractivity contribution < 1.29 is 16.8 Å². The molecular formula is C12H19N3O6S2. The lowest BCUT2D eigenvalue weighted by Gasteiger charge is -2.26. The number of rotatable bonds is 6. The van der Waals surface area contributed by atoms with Crippen molar-refractivity contribution in [3.63, 3.8) is 0 Å². The van der Waals surface area contributed by atoms with E-state index in [1.165, 1.54) is 0 Å². The van der Waals surface area contributed by atoms with Crippen LogP contribution in [0.25, 0.3) is 0 Å². The zero-order chi connectivity index (χ0) is 17.3. The fourth-order valence-corrected chi connectivity index (χ4v) is 6.04. The Kier molecular flexibility index (Phi) is 5.11. The summed E-state index contributed by atoms with van der Waals surface area (Å²) in [5, 5.41) is 0. The first-order valence-electron chi connectivity index (χ1n) is 7.21. The minimum Gasteiger partial charge on any atom is -0.313 e. The third kappa shape index (κ3) is 3.90. The molecule has 1 aromatic heterocycles. The topological polar surface area (TPSA) is 137 Å². The highest BCUT2D eigenvalue weighted by Gasteiger charge is 2.39. The van der Waals surface area contributed by atoms with E-state index in [4.69, 9.17) is 0 Å². The maximum Gasteiger partial charge on any atom is 0.325 e. The number of hydrogen-bond acceptors (Lipinski definition) is 6. The van der Waals surface area contributed by atoms with Crippen LogP contribution in [0.5, 0.6) is 0 Å². The Balaban J connectivity index is 2.45. The standard InChI is InChI=1S/C12H19N3O6S2/c1-2-3-5-15(9-4-6-22(18,19)8-9)23(20,21)10-7-13-12(17)14-11(10)16/h7,9H,2-6,8H2,1H3,(H2,13,14,16,17). The first kappa shape index (κ1) is 17.9. The maximum atomic E-state index is 12.8. The second-order valence-corrected chi connectivity index (χ2v) is 9.55. The van der Waals surface area contributed by atoms with E-state index in [1.807, 2.05) is 11.9 Å². The van der Waals surface area contributed by atoms with Gasteiger partial charge in [-0.15, -0.1) is 0 Å². The summed E-state index contributed by atoms with van der Waals surface area (Å²) in [4.78, 5) is 26.3. The molecule has 130 valence electrons. The molecule has 2 rings (SSSR count). The van der Waals surface area contributed by atoms with E-state index in [-0.39, 0.29) is 24.5 Å². The molecule has 1 aliphatic heterocycles. The van der Waals surface area contributed by atoms with Crippen molar-refractivity contribution in [2.45, 2.75) is 37.1 Å². The molecule has 0 radical (unpaired) electrons. The van der Waals surface area contributed by atoms with Crippen molar-refractivity contribution in [2.75, 3.05) is 18.1 Å². The van der Waals surface area contributed by atoms with Gasteiger partial charge in [-0.3, -0.25) is 9.78 Å². The van der Waals surface area contributed by atoms with Gasteiger partial charge in [0.25, 0.3) is 5.56 Å². The number of nitrogens with zero attached hydrogens (tertiary/aromatic N) is 1. The summed E-state index contributed by atoms with van der Waals surface area (Å²) < 4.78 is 49.9. The molecule has 0 saturated carbocycles. The number of H-pyrrole nitrogens is 2. The van der Waals surface area contributed by atoms with Crippen LogP contribution >= 0.6 is 0 Å². The average molecular weight is 365 g/mol. The minimum absolute atomic E-state index is 0.0716. The van der Waals surface area contributed by atoms with Crippen LogP contribution in [0, 0.1) is 0 Å². The Morgan fingerprint density at radius 1 is 1.35 bits per heavy atom. The summed E-state index contributed by atoms with van der Waals surface area (Å²) in [7, 11) is -7.47. The fraction of sp³-hybridized carbons (Fsp3) is 0.667. The van der Waals surface area contributed by atoms with Gasteiger partial charge in [-0.1, -0.05) is 13.3 Å². The molecular weight excluding hydrogens is 346 g/mol. The summed E-state index contributed by atoms with van der Waals surface area (Å²) in [6, 6.07) is -0.692. The van der Waals surface area contributed by atoms with Gasteiger partial charge in [0, 0.05) is 18.8 Å². The molecule has 0 bridgehead atoms. The summed E-state index contributed by atoms with van der Waals surface area (Å²) in [6.07, 6.45) is 2.30. The molecule has 1 fully saturated rings. The van der Waals surface area contributed by atoms with Gasteiger partial charge in [-0.2, -0.15) is 4.31 Å². The van der Waals surface area contributed by atoms with Gasteiger partial charge in [-0.05, 0) is 12.8 Å². The van der Waals surface area contributed by atoms with Crippen molar-refractivity contribution in [1.82, 2.24) is 14.3 Å². The number of sulfone groups is 1. The summed E-state index contributed by atoms with van der Waals surface area (Å²) in [5.74, 6) is -0.324. The van der Waals surface area contributed by atoms with Crippen molar-refractivity contribution >= 4 is 19.9 Å². The molecule has 0 aliphatic carbocycles. The van der Waals surface area contributed by atoms with Crippen molar-refractivity contribution in [2.24, 2.45) is 0 Å². The molecule has 1 atom stereocenters. The first-order valence-corrected chi connectivity index (χ1v) is 10.5. The molecule has 1 aromatic rings. The van der Waals surface area contributed by atoms with Crippen LogP contribution in [0.2, 0.25) is 0 Å². The lowest BCUT2D eigenvalue weighted by molar-refractivity contribution is 0.334. The molecule has 23 heavy (non-hydrogen) atoms. The van der Waals surface area contributed by atoms with E-state index >= 15 is 0 Å². The zero-order valence-electron chi connectivity index (χ0n) is 12.6. The first-order chi connectivity index (χ1) is 10.7. The third-order valence-electron chi connectivity index (χ3n) is 3.72. The highest BCUT2D eigenvalue weighted by atomic mass is 32.2. The summed E-state index contributed by atoms with van der Waals surface area (Å²) >= 11 is 0. The van der Waals surface area contributed by atoms with Crippen LogP contribution < -0.4 is 11.2 Å². The number of sulfonamides is 1. The van der Waals surface area contributed by atoms with E-state index in [0.29, 0.717) is 12.8 Å². The van der Waals surface area contributed by atoms with Gasteiger partial charge in [0.15, 0.2) is 14.7 Å². The van der Waals surface area contributed by atoms with Gasteiger partial charge in [-0.25, -0.2) is 21.6 Å². The second-order valence-electron chi connectivity index (χ2n) is 5.46. The number of hydrogen-bond donors (Lipinski definition) is 2. The van der Waals surface area contributed by atoms with E-state index in [1.54, 1.807) is 0 Å². The number of aromatic nitrogens is 2. The molecule has 0 aromatic carbocycles. The molecule has 1 aliphatic rings. The van der Waals surface area contributed by atoms with E-state index in [9.17, 15) is 26.4 Å². The predicted octanol–water partition coefficient (Wildman–Crippen LogP) is -0.959. The zero-order valence-corrected chi connectivity index (χ0v) is 14.2. The van der Waals surface area contributed by atoms with Crippen LogP contribution in [0.15, 0.2) is 20.7 Å². The van der Waals surface area contributed by atoms with Crippen molar-refractivity contribution in [3.05, 3.63) is 27.0 Å². The van der Waals surface area contributed by atoms with Crippen LogP contribution in [0.3, 0.4) is 0 Å². The second kappa shape index (κ2) is 6.57. The average Bonchev–Trinajstić information content (AvgIpc) is 2.78. The van der Waals surface area contributed by atoms with Crippen LogP contribution in [0.4, 0.5) is 0 Å².